The molecule has 0 fully saturated rings. The summed E-state index contributed by atoms with van der Waals surface area (Å²) < 4.78 is 0. The standard InChI is InChI=1S/C9H15NO/c1-5-7(3)8(4)9(11)10-6-2/h5H,1,6H2,2-4H3,(H,10,11)/b8-7-. The van der Waals surface area contributed by atoms with Crippen LogP contribution in [0.15, 0.2) is 23.8 Å². The van der Waals surface area contributed by atoms with Gasteiger partial charge >= 0.3 is 0 Å². The van der Waals surface area contributed by atoms with Crippen molar-refractivity contribution in [2.24, 2.45) is 0 Å². The third-order valence-corrected chi connectivity index (χ3v) is 1.58. The molecule has 0 aliphatic heterocycles. The zero-order chi connectivity index (χ0) is 8.85. The van der Waals surface area contributed by atoms with Gasteiger partial charge in [0.25, 0.3) is 0 Å². The van der Waals surface area contributed by atoms with Crippen molar-refractivity contribution < 1.29 is 4.79 Å². The van der Waals surface area contributed by atoms with Crippen LogP contribution in [0.1, 0.15) is 20.8 Å². The van der Waals surface area contributed by atoms with Gasteiger partial charge in [0, 0.05) is 12.1 Å². The first-order chi connectivity index (χ1) is 5.13. The number of nitrogens with one attached hydrogen (secondary N) is 1. The van der Waals surface area contributed by atoms with Gasteiger partial charge in [-0.3, -0.25) is 4.79 Å². The number of hydrogen-bond donors (Lipinski definition) is 1. The molecule has 0 rings (SSSR count). The van der Waals surface area contributed by atoms with E-state index in [9.17, 15) is 4.79 Å². The second-order valence-electron chi connectivity index (χ2n) is 2.37. The maximum Gasteiger partial charge on any atom is 0.247 e. The van der Waals surface area contributed by atoms with Crippen LogP contribution in [0, 0.1) is 0 Å². The minimum atomic E-state index is -0.00935. The Balaban J connectivity index is 4.33. The number of likely N-dealkylation sites (N-methyl/N-ethyl adjacent to an activating group) is 1. The van der Waals surface area contributed by atoms with E-state index in [0.717, 1.165) is 11.1 Å². The Morgan fingerprint density at radius 1 is 1.55 bits per heavy atom. The van der Waals surface area contributed by atoms with Gasteiger partial charge in [0.15, 0.2) is 0 Å². The molecule has 0 aliphatic rings. The quantitative estimate of drug-likeness (QED) is 0.484. The smallest absolute Gasteiger partial charge is 0.247 e. The summed E-state index contributed by atoms with van der Waals surface area (Å²) in [5, 5.41) is 2.72. The summed E-state index contributed by atoms with van der Waals surface area (Å²) in [6, 6.07) is 0. The molecule has 0 atom stereocenters. The number of carbonyl (C=O) groups is 1. The first kappa shape index (κ1) is 9.95. The van der Waals surface area contributed by atoms with Crippen molar-refractivity contribution in [1.29, 1.82) is 0 Å². The predicted octanol–water partition coefficient (Wildman–Crippen LogP) is 1.64. The molecule has 2 heteroatoms. The average Bonchev–Trinajstić information content (AvgIpc) is 2.02. The molecule has 0 aromatic rings. The van der Waals surface area contributed by atoms with Gasteiger partial charge in [-0.2, -0.15) is 0 Å². The number of amides is 1. The molecule has 0 saturated carbocycles. The first-order valence-corrected chi connectivity index (χ1v) is 3.71. The molecule has 11 heavy (non-hydrogen) atoms. The van der Waals surface area contributed by atoms with Gasteiger partial charge in [0.05, 0.1) is 0 Å². The normalized spacial score (nSPS) is 11.9. The minimum Gasteiger partial charge on any atom is -0.353 e. The van der Waals surface area contributed by atoms with E-state index < -0.39 is 0 Å². The van der Waals surface area contributed by atoms with Crippen LogP contribution < -0.4 is 5.32 Å². The summed E-state index contributed by atoms with van der Waals surface area (Å²) in [7, 11) is 0. The molecule has 2 nitrogen and oxygen atoms in total. The molecule has 0 spiro atoms. The van der Waals surface area contributed by atoms with E-state index in [1.807, 2.05) is 13.8 Å². The number of rotatable bonds is 3. The molecule has 0 aliphatic carbocycles. The van der Waals surface area contributed by atoms with Gasteiger partial charge < -0.3 is 5.32 Å². The van der Waals surface area contributed by atoms with E-state index in [4.69, 9.17) is 0 Å². The number of carbonyl (C=O) groups excluding carboxylic acids is 1. The lowest BCUT2D eigenvalue weighted by Crippen LogP contribution is -2.23. The van der Waals surface area contributed by atoms with E-state index in [1.165, 1.54) is 0 Å². The third kappa shape index (κ3) is 3.03. The van der Waals surface area contributed by atoms with E-state index in [1.54, 1.807) is 13.0 Å². The van der Waals surface area contributed by atoms with Gasteiger partial charge in [-0.25, -0.2) is 0 Å². The summed E-state index contributed by atoms with van der Waals surface area (Å²) in [6.07, 6.45) is 1.69. The fraction of sp³-hybridized carbons (Fsp3) is 0.444. The van der Waals surface area contributed by atoms with Gasteiger partial charge in [-0.05, 0) is 26.3 Å². The van der Waals surface area contributed by atoms with Crippen molar-refractivity contribution in [1.82, 2.24) is 5.32 Å². The highest BCUT2D eigenvalue weighted by atomic mass is 16.1. The van der Waals surface area contributed by atoms with Gasteiger partial charge in [0.2, 0.25) is 5.91 Å². The van der Waals surface area contributed by atoms with Crippen LogP contribution in [0.25, 0.3) is 0 Å². The Labute approximate surface area is 68.0 Å². The molecule has 0 aromatic heterocycles. The van der Waals surface area contributed by atoms with Gasteiger partial charge in [0.1, 0.15) is 0 Å². The highest BCUT2D eigenvalue weighted by Crippen LogP contribution is 2.03. The largest absolute Gasteiger partial charge is 0.353 e. The van der Waals surface area contributed by atoms with E-state index in [2.05, 4.69) is 11.9 Å². The summed E-state index contributed by atoms with van der Waals surface area (Å²) in [4.78, 5) is 11.1. The Bertz CT molecular complexity index is 192. The van der Waals surface area contributed by atoms with E-state index >= 15 is 0 Å². The topological polar surface area (TPSA) is 29.1 Å². The fourth-order valence-electron chi connectivity index (χ4n) is 0.625. The summed E-state index contributed by atoms with van der Waals surface area (Å²) in [5.74, 6) is -0.00935. The highest BCUT2D eigenvalue weighted by Gasteiger charge is 2.02. The molecule has 0 heterocycles. The average molecular weight is 153 g/mol. The van der Waals surface area contributed by atoms with Crippen LogP contribution in [0.4, 0.5) is 0 Å². The molecule has 0 bridgehead atoms. The maximum absolute atomic E-state index is 11.1. The highest BCUT2D eigenvalue weighted by molar-refractivity contribution is 5.93. The molecular formula is C9H15NO. The minimum absolute atomic E-state index is 0.00935. The van der Waals surface area contributed by atoms with Crippen LogP contribution >= 0.6 is 0 Å². The SMILES string of the molecule is C=C/C(C)=C(/C)C(=O)NCC. The number of allylic oxidation sites excluding steroid dienone is 2. The fourth-order valence-corrected chi connectivity index (χ4v) is 0.625. The Hall–Kier alpha value is -1.05. The maximum atomic E-state index is 11.1. The van der Waals surface area contributed by atoms with Crippen molar-refractivity contribution in [3.8, 4) is 0 Å². The van der Waals surface area contributed by atoms with E-state index in [0.29, 0.717) is 6.54 Å². The molecule has 1 N–H and O–H groups in total. The summed E-state index contributed by atoms with van der Waals surface area (Å²) in [6.45, 7) is 9.82. The van der Waals surface area contributed by atoms with E-state index in [-0.39, 0.29) is 5.91 Å². The second-order valence-corrected chi connectivity index (χ2v) is 2.37. The van der Waals surface area contributed by atoms with Crippen molar-refractivity contribution in [3.05, 3.63) is 23.8 Å². The summed E-state index contributed by atoms with van der Waals surface area (Å²) in [5.41, 5.74) is 1.66. The molecule has 0 radical (unpaired) electrons. The van der Waals surface area contributed by atoms with Crippen molar-refractivity contribution in [3.63, 3.8) is 0 Å². The predicted molar refractivity (Wildman–Crippen MR) is 47.3 cm³/mol. The summed E-state index contributed by atoms with van der Waals surface area (Å²) >= 11 is 0. The second kappa shape index (κ2) is 4.72. The van der Waals surface area contributed by atoms with Gasteiger partial charge in [-0.1, -0.05) is 12.7 Å². The molecule has 0 unspecified atom stereocenters. The molecule has 0 saturated heterocycles. The van der Waals surface area contributed by atoms with Gasteiger partial charge in [-0.15, -0.1) is 0 Å². The third-order valence-electron chi connectivity index (χ3n) is 1.58. The van der Waals surface area contributed by atoms with Crippen molar-refractivity contribution in [2.45, 2.75) is 20.8 Å². The van der Waals surface area contributed by atoms with Crippen LogP contribution in [0.3, 0.4) is 0 Å². The van der Waals surface area contributed by atoms with Crippen molar-refractivity contribution in [2.75, 3.05) is 6.54 Å². The zero-order valence-corrected chi connectivity index (χ0v) is 7.40. The Morgan fingerprint density at radius 2 is 2.09 bits per heavy atom. The Kier molecular flexibility index (Phi) is 4.27. The lowest BCUT2D eigenvalue weighted by Gasteiger charge is -2.03. The van der Waals surface area contributed by atoms with Crippen LogP contribution in [-0.4, -0.2) is 12.5 Å². The number of hydrogen-bond acceptors (Lipinski definition) is 1. The first-order valence-electron chi connectivity index (χ1n) is 3.71. The molecule has 1 amide bonds. The van der Waals surface area contributed by atoms with Crippen LogP contribution in [0.2, 0.25) is 0 Å². The van der Waals surface area contributed by atoms with Crippen LogP contribution in [-0.2, 0) is 4.79 Å². The Morgan fingerprint density at radius 3 is 2.45 bits per heavy atom. The lowest BCUT2D eigenvalue weighted by molar-refractivity contribution is -0.117. The van der Waals surface area contributed by atoms with Crippen molar-refractivity contribution >= 4 is 5.91 Å². The molecule has 0 aromatic carbocycles. The van der Waals surface area contributed by atoms with Crippen LogP contribution in [0.5, 0.6) is 0 Å². The lowest BCUT2D eigenvalue weighted by atomic mass is 10.1. The zero-order valence-electron chi connectivity index (χ0n) is 7.40. The molecule has 62 valence electrons. The molecular weight excluding hydrogens is 138 g/mol. The monoisotopic (exact) mass is 153 g/mol.